The number of hydrogen-bond donors (Lipinski definition) is 3. The molecule has 0 saturated carbocycles. The van der Waals surface area contributed by atoms with Gasteiger partial charge in [-0.1, -0.05) is 36.4 Å². The molecule has 0 radical (unpaired) electrons. The lowest BCUT2D eigenvalue weighted by Crippen LogP contribution is -2.53. The zero-order valence-corrected chi connectivity index (χ0v) is 24.8. The van der Waals surface area contributed by atoms with Gasteiger partial charge in [-0.3, -0.25) is 19.2 Å². The third kappa shape index (κ3) is 9.33. The lowest BCUT2D eigenvalue weighted by Gasteiger charge is -2.33. The number of nitrogens with one attached hydrogen (secondary N) is 3. The topological polar surface area (TPSA) is 117 Å². The highest BCUT2D eigenvalue weighted by Gasteiger charge is 2.28. The highest BCUT2D eigenvalue weighted by atomic mass is 16.5. The van der Waals surface area contributed by atoms with E-state index >= 15 is 0 Å². The van der Waals surface area contributed by atoms with E-state index in [1.54, 1.807) is 0 Å². The Balaban J connectivity index is 1.55. The number of rotatable bonds is 4. The molecular formula is C33H44N4O5. The summed E-state index contributed by atoms with van der Waals surface area (Å²) in [6, 6.07) is 14.0. The average molecular weight is 577 g/mol. The number of aryl methyl sites for hydroxylation is 2. The lowest BCUT2D eigenvalue weighted by atomic mass is 9.94. The summed E-state index contributed by atoms with van der Waals surface area (Å²) >= 11 is 0. The fraction of sp³-hybridized carbons (Fsp3) is 0.515. The van der Waals surface area contributed by atoms with Crippen molar-refractivity contribution in [1.29, 1.82) is 0 Å². The molecule has 2 aromatic carbocycles. The van der Waals surface area contributed by atoms with Crippen molar-refractivity contribution in [2.45, 2.75) is 83.8 Å². The van der Waals surface area contributed by atoms with Gasteiger partial charge < -0.3 is 25.6 Å². The van der Waals surface area contributed by atoms with Gasteiger partial charge in [0.25, 0.3) is 0 Å². The third-order valence-electron chi connectivity index (χ3n) is 8.22. The zero-order valence-electron chi connectivity index (χ0n) is 24.8. The van der Waals surface area contributed by atoms with E-state index in [4.69, 9.17) is 4.74 Å². The maximum absolute atomic E-state index is 13.5. The molecule has 2 aromatic rings. The summed E-state index contributed by atoms with van der Waals surface area (Å²) in [4.78, 5) is 53.8. The summed E-state index contributed by atoms with van der Waals surface area (Å²) in [5.74, 6) is 0.137. The normalized spacial score (nSPS) is 22.8. The van der Waals surface area contributed by atoms with Gasteiger partial charge in [0, 0.05) is 33.0 Å². The molecule has 42 heavy (non-hydrogen) atoms. The predicted molar refractivity (Wildman–Crippen MR) is 161 cm³/mol. The molecule has 3 N–H and O–H groups in total. The van der Waals surface area contributed by atoms with Crippen molar-refractivity contribution in [2.75, 3.05) is 19.7 Å². The van der Waals surface area contributed by atoms with E-state index in [9.17, 15) is 19.2 Å². The first kappa shape index (κ1) is 31.1. The molecule has 2 aliphatic heterocycles. The maximum Gasteiger partial charge on any atom is 0.243 e. The van der Waals surface area contributed by atoms with Crippen LogP contribution in [0.5, 0.6) is 5.75 Å². The molecule has 0 aromatic heterocycles. The number of benzene rings is 2. The lowest BCUT2D eigenvalue weighted by molar-refractivity contribution is -0.133. The largest absolute Gasteiger partial charge is 0.494 e. The van der Waals surface area contributed by atoms with Gasteiger partial charge >= 0.3 is 0 Å². The maximum atomic E-state index is 13.5. The highest BCUT2D eigenvalue weighted by molar-refractivity contribution is 5.91. The minimum atomic E-state index is -0.835. The average Bonchev–Trinajstić information content (AvgIpc) is 2.98. The Labute approximate surface area is 248 Å². The summed E-state index contributed by atoms with van der Waals surface area (Å²) < 4.78 is 6.09. The first-order valence-electron chi connectivity index (χ1n) is 15.2. The van der Waals surface area contributed by atoms with E-state index in [0.717, 1.165) is 48.2 Å². The van der Waals surface area contributed by atoms with Crippen LogP contribution in [0.4, 0.5) is 0 Å². The minimum Gasteiger partial charge on any atom is -0.494 e. The Hall–Kier alpha value is -3.88. The molecule has 226 valence electrons. The van der Waals surface area contributed by atoms with Crippen molar-refractivity contribution >= 4 is 23.6 Å². The Morgan fingerprint density at radius 1 is 1.02 bits per heavy atom. The van der Waals surface area contributed by atoms with E-state index in [1.807, 2.05) is 60.4 Å². The van der Waals surface area contributed by atoms with Crippen LogP contribution in [-0.2, 0) is 32.1 Å². The molecule has 2 heterocycles. The first-order valence-corrected chi connectivity index (χ1v) is 15.2. The molecule has 9 nitrogen and oxygen atoms in total. The molecule has 4 amide bonds. The Morgan fingerprint density at radius 3 is 2.62 bits per heavy atom. The van der Waals surface area contributed by atoms with Gasteiger partial charge in [0.05, 0.1) is 6.61 Å². The quantitative estimate of drug-likeness (QED) is 0.516. The van der Waals surface area contributed by atoms with Crippen molar-refractivity contribution in [1.82, 2.24) is 20.9 Å². The first-order chi connectivity index (χ1) is 20.3. The number of hydrogen-bond acceptors (Lipinski definition) is 5. The van der Waals surface area contributed by atoms with Crippen molar-refractivity contribution < 1.29 is 23.9 Å². The number of fused-ring (bicyclic) bond motifs is 4. The SMILES string of the molecule is CC(=O)N[C@H]1CCCC(=O)N2CCCC(CCOc3ccc(C)c(c3)CNC(=O)[C@H](CCc3ccccc3)NC1=O)C2. The molecule has 1 fully saturated rings. The van der Waals surface area contributed by atoms with Crippen LogP contribution in [0.25, 0.3) is 0 Å². The monoisotopic (exact) mass is 576 g/mol. The van der Waals surface area contributed by atoms with Gasteiger partial charge in [0.15, 0.2) is 0 Å². The zero-order chi connectivity index (χ0) is 29.9. The minimum absolute atomic E-state index is 0.0697. The van der Waals surface area contributed by atoms with Crippen LogP contribution in [0.15, 0.2) is 48.5 Å². The molecule has 1 unspecified atom stereocenters. The summed E-state index contributed by atoms with van der Waals surface area (Å²) in [6.07, 6.45) is 4.94. The Morgan fingerprint density at radius 2 is 1.83 bits per heavy atom. The molecular weight excluding hydrogens is 532 g/mol. The van der Waals surface area contributed by atoms with Gasteiger partial charge in [-0.05, 0) is 86.6 Å². The van der Waals surface area contributed by atoms with Gasteiger partial charge in [0.1, 0.15) is 17.8 Å². The van der Waals surface area contributed by atoms with Crippen LogP contribution in [0, 0.1) is 12.8 Å². The molecule has 9 heteroatoms. The number of nitrogens with zero attached hydrogens (tertiary/aromatic N) is 1. The third-order valence-corrected chi connectivity index (χ3v) is 8.22. The second kappa shape index (κ2) is 15.4. The molecule has 4 rings (SSSR count). The van der Waals surface area contributed by atoms with Gasteiger partial charge in [-0.2, -0.15) is 0 Å². The van der Waals surface area contributed by atoms with E-state index < -0.39 is 18.0 Å². The number of ether oxygens (including phenoxy) is 1. The number of carbonyl (C=O) groups is 4. The summed E-state index contributed by atoms with van der Waals surface area (Å²) in [5.41, 5.74) is 3.03. The summed E-state index contributed by atoms with van der Waals surface area (Å²) in [7, 11) is 0. The van der Waals surface area contributed by atoms with E-state index in [0.29, 0.717) is 57.7 Å². The molecule has 4 bridgehead atoms. The van der Waals surface area contributed by atoms with Gasteiger partial charge in [-0.25, -0.2) is 0 Å². The van der Waals surface area contributed by atoms with Crippen LogP contribution >= 0.6 is 0 Å². The van der Waals surface area contributed by atoms with Crippen LogP contribution in [0.1, 0.15) is 68.6 Å². The van der Waals surface area contributed by atoms with Gasteiger partial charge in [-0.15, -0.1) is 0 Å². The number of piperidine rings is 1. The van der Waals surface area contributed by atoms with Crippen molar-refractivity contribution in [2.24, 2.45) is 5.92 Å². The van der Waals surface area contributed by atoms with Crippen molar-refractivity contribution in [3.05, 3.63) is 65.2 Å². The van der Waals surface area contributed by atoms with E-state index in [2.05, 4.69) is 16.0 Å². The Kier molecular flexibility index (Phi) is 11.4. The van der Waals surface area contributed by atoms with Crippen LogP contribution < -0.4 is 20.7 Å². The van der Waals surface area contributed by atoms with Crippen molar-refractivity contribution in [3.8, 4) is 5.75 Å². The number of carbonyl (C=O) groups excluding carboxylic acids is 4. The predicted octanol–water partition coefficient (Wildman–Crippen LogP) is 3.42. The van der Waals surface area contributed by atoms with E-state index in [1.165, 1.54) is 6.92 Å². The van der Waals surface area contributed by atoms with Crippen LogP contribution in [0.3, 0.4) is 0 Å². The van der Waals surface area contributed by atoms with Crippen LogP contribution in [-0.4, -0.2) is 60.3 Å². The van der Waals surface area contributed by atoms with E-state index in [-0.39, 0.29) is 17.7 Å². The fourth-order valence-electron chi connectivity index (χ4n) is 5.73. The molecule has 3 atom stereocenters. The fourth-order valence-corrected chi connectivity index (χ4v) is 5.73. The molecule has 1 saturated heterocycles. The molecule has 0 spiro atoms. The number of amides is 4. The summed E-state index contributed by atoms with van der Waals surface area (Å²) in [5, 5.41) is 8.63. The second-order valence-corrected chi connectivity index (χ2v) is 11.5. The van der Waals surface area contributed by atoms with Gasteiger partial charge in [0.2, 0.25) is 23.6 Å². The van der Waals surface area contributed by atoms with Crippen molar-refractivity contribution in [3.63, 3.8) is 0 Å². The van der Waals surface area contributed by atoms with Crippen LogP contribution in [0.2, 0.25) is 0 Å². The standard InChI is InChI=1S/C33H44N4O5/c1-23-13-15-28-20-27(23)21-34-32(40)30(16-14-25-8-4-3-5-9-25)36-33(41)29(35-24(2)38)11-6-12-31(39)37-18-7-10-26(22-37)17-19-42-28/h3-5,8-9,13,15,20,26,29-30H,6-7,10-12,14,16-19,21-22H2,1-2H3,(H,34,40)(H,35,38)(H,36,41)/t26?,29-,30-/m0/s1. The summed E-state index contributed by atoms with van der Waals surface area (Å²) in [6.45, 7) is 5.67. The Bertz CT molecular complexity index is 1230. The molecule has 2 aliphatic rings. The molecule has 0 aliphatic carbocycles. The highest BCUT2D eigenvalue weighted by Crippen LogP contribution is 2.23. The second-order valence-electron chi connectivity index (χ2n) is 11.5. The smallest absolute Gasteiger partial charge is 0.243 e.